The van der Waals surface area contributed by atoms with E-state index in [1.165, 1.54) is 0 Å². The molecule has 1 heterocycles. The van der Waals surface area contributed by atoms with Crippen LogP contribution in [0.5, 0.6) is 0 Å². The Hall–Kier alpha value is -0.880. The number of hydrogen-bond donors (Lipinski definition) is 3. The third-order valence-corrected chi connectivity index (χ3v) is 3.39. The van der Waals surface area contributed by atoms with Crippen LogP contribution in [0.2, 0.25) is 5.02 Å². The Labute approximate surface area is 118 Å². The van der Waals surface area contributed by atoms with Gasteiger partial charge < -0.3 is 10.2 Å². The largest absolute Gasteiger partial charge is 0.335 e. The number of benzene rings is 1. The summed E-state index contributed by atoms with van der Waals surface area (Å²) in [4.78, 5) is 1.56. The second-order valence-electron chi connectivity index (χ2n) is 4.52. The molecule has 1 aromatic rings. The van der Waals surface area contributed by atoms with Gasteiger partial charge in [0.1, 0.15) is 0 Å². The summed E-state index contributed by atoms with van der Waals surface area (Å²) in [6.07, 6.45) is 0. The number of thiocarbonyl (C=S) groups is 1. The maximum Gasteiger partial charge on any atom is 0.185 e. The lowest BCUT2D eigenvalue weighted by Gasteiger charge is -2.31. The van der Waals surface area contributed by atoms with Crippen molar-refractivity contribution in [1.82, 2.24) is 10.4 Å². The summed E-state index contributed by atoms with van der Waals surface area (Å²) in [5.41, 5.74) is 4.11. The van der Waals surface area contributed by atoms with Gasteiger partial charge in [0.05, 0.1) is 33.2 Å². The number of likely N-dealkylation sites (N-methyl/N-ethyl adjacent to an activating group) is 1. The fourth-order valence-corrected chi connectivity index (χ4v) is 2.31. The maximum absolute atomic E-state index is 5.92. The minimum Gasteiger partial charge on any atom is -0.335 e. The lowest BCUT2D eigenvalue weighted by molar-refractivity contribution is -0.884. The zero-order valence-corrected chi connectivity index (χ0v) is 11.9. The van der Waals surface area contributed by atoms with Crippen molar-refractivity contribution >= 4 is 34.6 Å². The van der Waals surface area contributed by atoms with Gasteiger partial charge in [-0.1, -0.05) is 17.7 Å². The minimum atomic E-state index is 0.608. The number of nitrogens with zero attached hydrogens (tertiary/aromatic N) is 1. The van der Waals surface area contributed by atoms with Gasteiger partial charge in [0.15, 0.2) is 5.11 Å². The molecular weight excluding hydrogens is 268 g/mol. The summed E-state index contributed by atoms with van der Waals surface area (Å²) in [6, 6.07) is 7.52. The maximum atomic E-state index is 5.92. The highest BCUT2D eigenvalue weighted by Gasteiger charge is 2.16. The van der Waals surface area contributed by atoms with Gasteiger partial charge in [-0.3, -0.25) is 5.43 Å². The quantitative estimate of drug-likeness (QED) is 0.686. The van der Waals surface area contributed by atoms with Crippen LogP contribution in [-0.4, -0.2) is 43.3 Å². The monoisotopic (exact) mass is 285 g/mol. The van der Waals surface area contributed by atoms with Crippen molar-refractivity contribution in [3.05, 3.63) is 29.3 Å². The molecule has 18 heavy (non-hydrogen) atoms. The molecule has 0 aliphatic carbocycles. The molecule has 3 N–H and O–H groups in total. The summed E-state index contributed by atoms with van der Waals surface area (Å²) < 4.78 is 0. The number of rotatable bonds is 2. The van der Waals surface area contributed by atoms with Crippen molar-refractivity contribution in [3.63, 3.8) is 0 Å². The molecule has 1 fully saturated rings. The number of nitrogens with one attached hydrogen (secondary N) is 3. The van der Waals surface area contributed by atoms with Crippen molar-refractivity contribution in [2.45, 2.75) is 0 Å². The Morgan fingerprint density at radius 3 is 2.78 bits per heavy atom. The van der Waals surface area contributed by atoms with E-state index in [9.17, 15) is 0 Å². The highest BCUT2D eigenvalue weighted by atomic mass is 35.5. The summed E-state index contributed by atoms with van der Waals surface area (Å²) in [7, 11) is 2.21. The molecular formula is C12H18ClN4S+. The van der Waals surface area contributed by atoms with E-state index >= 15 is 0 Å². The molecule has 98 valence electrons. The second-order valence-corrected chi connectivity index (χ2v) is 5.37. The van der Waals surface area contributed by atoms with Crippen molar-refractivity contribution in [2.75, 3.05) is 38.5 Å². The van der Waals surface area contributed by atoms with Gasteiger partial charge in [-0.25, -0.2) is 5.01 Å². The first-order chi connectivity index (χ1) is 8.63. The van der Waals surface area contributed by atoms with Crippen LogP contribution < -0.4 is 15.6 Å². The van der Waals surface area contributed by atoms with Gasteiger partial charge in [0.2, 0.25) is 0 Å². The average molecular weight is 286 g/mol. The highest BCUT2D eigenvalue weighted by molar-refractivity contribution is 7.80. The molecule has 4 nitrogen and oxygen atoms in total. The molecule has 0 bridgehead atoms. The summed E-state index contributed by atoms with van der Waals surface area (Å²) >= 11 is 11.2. The topological polar surface area (TPSA) is 31.7 Å². The Balaban J connectivity index is 1.82. The summed E-state index contributed by atoms with van der Waals surface area (Å²) in [6.45, 7) is 4.27. The van der Waals surface area contributed by atoms with Crippen molar-refractivity contribution in [2.24, 2.45) is 0 Å². The average Bonchev–Trinajstić information content (AvgIpc) is 2.32. The molecule has 0 aromatic heterocycles. The molecule has 0 radical (unpaired) electrons. The van der Waals surface area contributed by atoms with Crippen LogP contribution in [0.1, 0.15) is 0 Å². The normalized spacial score (nSPS) is 17.4. The number of hydrazine groups is 1. The molecule has 1 saturated heterocycles. The van der Waals surface area contributed by atoms with Gasteiger partial charge in [-0.05, 0) is 30.4 Å². The van der Waals surface area contributed by atoms with E-state index in [1.807, 2.05) is 24.3 Å². The van der Waals surface area contributed by atoms with E-state index in [2.05, 4.69) is 22.8 Å². The summed E-state index contributed by atoms with van der Waals surface area (Å²) in [5.74, 6) is 0. The highest BCUT2D eigenvalue weighted by Crippen LogP contribution is 2.14. The number of hydrogen-bond acceptors (Lipinski definition) is 2. The van der Waals surface area contributed by atoms with Gasteiger partial charge in [0.25, 0.3) is 0 Å². The van der Waals surface area contributed by atoms with Crippen LogP contribution in [-0.2, 0) is 0 Å². The van der Waals surface area contributed by atoms with Crippen LogP contribution in [0.4, 0.5) is 5.69 Å². The van der Waals surface area contributed by atoms with Crippen molar-refractivity contribution in [1.29, 1.82) is 0 Å². The number of anilines is 1. The third kappa shape index (κ3) is 4.10. The van der Waals surface area contributed by atoms with Crippen LogP contribution in [0.15, 0.2) is 24.3 Å². The van der Waals surface area contributed by atoms with Crippen molar-refractivity contribution in [3.8, 4) is 0 Å². The second kappa shape index (κ2) is 6.33. The molecule has 0 unspecified atom stereocenters. The molecule has 0 saturated carbocycles. The molecule has 0 amide bonds. The van der Waals surface area contributed by atoms with E-state index in [4.69, 9.17) is 23.8 Å². The lowest BCUT2D eigenvalue weighted by atomic mass is 10.3. The SMILES string of the molecule is C[NH+]1CCN(NC(=S)Nc2cccc(Cl)c2)CC1. The predicted octanol–water partition coefficient (Wildman–Crippen LogP) is 0.372. The van der Waals surface area contributed by atoms with E-state index in [0.29, 0.717) is 10.1 Å². The molecule has 6 heteroatoms. The van der Waals surface area contributed by atoms with Gasteiger partial charge >= 0.3 is 0 Å². The predicted molar refractivity (Wildman–Crippen MR) is 79.0 cm³/mol. The van der Waals surface area contributed by atoms with Gasteiger partial charge in [-0.15, -0.1) is 0 Å². The zero-order valence-electron chi connectivity index (χ0n) is 10.4. The number of piperazine rings is 1. The molecule has 1 aromatic carbocycles. The molecule has 2 rings (SSSR count). The minimum absolute atomic E-state index is 0.608. The number of halogens is 1. The molecule has 0 atom stereocenters. The van der Waals surface area contributed by atoms with E-state index in [0.717, 1.165) is 31.9 Å². The van der Waals surface area contributed by atoms with E-state index in [1.54, 1.807) is 4.90 Å². The van der Waals surface area contributed by atoms with Crippen LogP contribution in [0.25, 0.3) is 0 Å². The molecule has 1 aliphatic rings. The first-order valence-corrected chi connectivity index (χ1v) is 6.81. The lowest BCUT2D eigenvalue weighted by Crippen LogP contribution is -3.12. The van der Waals surface area contributed by atoms with Crippen LogP contribution in [0.3, 0.4) is 0 Å². The Morgan fingerprint density at radius 2 is 2.11 bits per heavy atom. The zero-order chi connectivity index (χ0) is 13.0. The van der Waals surface area contributed by atoms with Crippen LogP contribution >= 0.6 is 23.8 Å². The van der Waals surface area contributed by atoms with Crippen molar-refractivity contribution < 1.29 is 4.90 Å². The Bertz CT molecular complexity index is 418. The van der Waals surface area contributed by atoms with E-state index < -0.39 is 0 Å². The number of quaternary nitrogens is 1. The Kier molecular flexibility index (Phi) is 4.77. The molecule has 0 spiro atoms. The fraction of sp³-hybridized carbons (Fsp3) is 0.417. The molecule has 1 aliphatic heterocycles. The first-order valence-electron chi connectivity index (χ1n) is 6.03. The van der Waals surface area contributed by atoms with E-state index in [-0.39, 0.29) is 0 Å². The summed E-state index contributed by atoms with van der Waals surface area (Å²) in [5, 5.41) is 6.58. The first kappa shape index (κ1) is 13.5. The standard InChI is InChI=1S/C12H17ClN4S/c1-16-5-7-17(8-6-16)15-12(18)14-11-4-2-3-10(13)9-11/h2-4,9H,5-8H2,1H3,(H2,14,15,18)/p+1. The fourth-order valence-electron chi connectivity index (χ4n) is 1.87. The third-order valence-electron chi connectivity index (χ3n) is 2.96. The van der Waals surface area contributed by atoms with Gasteiger partial charge in [-0.2, -0.15) is 0 Å². The van der Waals surface area contributed by atoms with Gasteiger partial charge in [0, 0.05) is 10.7 Å². The smallest absolute Gasteiger partial charge is 0.185 e. The Morgan fingerprint density at radius 1 is 1.39 bits per heavy atom. The van der Waals surface area contributed by atoms with Crippen LogP contribution in [0, 0.1) is 0 Å².